The summed E-state index contributed by atoms with van der Waals surface area (Å²) >= 11 is 0. The highest BCUT2D eigenvalue weighted by Gasteiger charge is 2.11. The number of hydrogen-bond donors (Lipinski definition) is 2. The number of rotatable bonds is 0. The Bertz CT molecular complexity index is 529. The lowest BCUT2D eigenvalue weighted by Gasteiger charge is -2.17. The first kappa shape index (κ1) is 2.52. The standard InChI is InChI=1S/C8H8N2O/c11-8-5-9-6-3-1-2-4-7(6)10-8/h1-4,9H,5H2,(H,10,11)/i1D,2D,3D,4D,5D2. The first-order valence-corrected chi connectivity index (χ1v) is 2.95. The van der Waals surface area contributed by atoms with E-state index in [0.717, 1.165) is 0 Å². The van der Waals surface area contributed by atoms with Crippen molar-refractivity contribution in [1.29, 1.82) is 0 Å². The molecule has 0 saturated heterocycles. The first-order chi connectivity index (χ1) is 7.75. The zero-order valence-corrected chi connectivity index (χ0v) is 5.41. The third-order valence-corrected chi connectivity index (χ3v) is 1.23. The molecule has 1 amide bonds. The fourth-order valence-corrected chi connectivity index (χ4v) is 0.764. The Morgan fingerprint density at radius 1 is 1.45 bits per heavy atom. The minimum Gasteiger partial charge on any atom is -0.374 e. The van der Waals surface area contributed by atoms with E-state index in [9.17, 15) is 4.79 Å². The van der Waals surface area contributed by atoms with Gasteiger partial charge in [0.1, 0.15) is 0 Å². The normalized spacial score (nSPS) is 27.1. The van der Waals surface area contributed by atoms with Gasteiger partial charge in [0.25, 0.3) is 0 Å². The van der Waals surface area contributed by atoms with Crippen LogP contribution in [0.1, 0.15) is 8.22 Å². The van der Waals surface area contributed by atoms with Crippen LogP contribution in [-0.2, 0) is 4.79 Å². The Balaban J connectivity index is 2.71. The highest BCUT2D eigenvalue weighted by Crippen LogP contribution is 2.22. The summed E-state index contributed by atoms with van der Waals surface area (Å²) in [6.45, 7) is -2.40. The second kappa shape index (κ2) is 2.27. The van der Waals surface area contributed by atoms with E-state index >= 15 is 0 Å². The predicted octanol–water partition coefficient (Wildman–Crippen LogP) is 1.05. The van der Waals surface area contributed by atoms with Gasteiger partial charge in [0.2, 0.25) is 5.91 Å². The van der Waals surface area contributed by atoms with Crippen LogP contribution in [0, 0.1) is 0 Å². The molecule has 56 valence electrons. The molecule has 0 spiro atoms. The van der Waals surface area contributed by atoms with Crippen molar-refractivity contribution < 1.29 is 13.0 Å². The summed E-state index contributed by atoms with van der Waals surface area (Å²) in [5.41, 5.74) is -0.267. The summed E-state index contributed by atoms with van der Waals surface area (Å²) in [5, 5.41) is 4.31. The molecule has 1 aromatic carbocycles. The van der Waals surface area contributed by atoms with Crippen molar-refractivity contribution in [2.75, 3.05) is 17.1 Å². The molecule has 0 atom stereocenters. The summed E-state index contributed by atoms with van der Waals surface area (Å²) in [6.07, 6.45) is 0. The molecule has 3 nitrogen and oxygen atoms in total. The van der Waals surface area contributed by atoms with Gasteiger partial charge in [0.15, 0.2) is 0 Å². The van der Waals surface area contributed by atoms with E-state index in [1.54, 1.807) is 0 Å². The second-order valence-electron chi connectivity index (χ2n) is 1.95. The largest absolute Gasteiger partial charge is 0.374 e. The van der Waals surface area contributed by atoms with E-state index < -0.39 is 36.6 Å². The van der Waals surface area contributed by atoms with E-state index in [4.69, 9.17) is 8.22 Å². The molecule has 0 unspecified atom stereocenters. The molecule has 1 aromatic rings. The van der Waals surface area contributed by atoms with Crippen LogP contribution in [-0.4, -0.2) is 12.4 Å². The summed E-state index contributed by atoms with van der Waals surface area (Å²) in [4.78, 5) is 11.3. The molecule has 1 aliphatic heterocycles. The number of para-hydroxylation sites is 2. The molecular formula is C8H8N2O. The van der Waals surface area contributed by atoms with Crippen molar-refractivity contribution >= 4 is 17.3 Å². The van der Waals surface area contributed by atoms with Gasteiger partial charge in [-0.3, -0.25) is 4.79 Å². The Hall–Kier alpha value is -1.51. The molecule has 11 heavy (non-hydrogen) atoms. The van der Waals surface area contributed by atoms with Gasteiger partial charge in [-0.15, -0.1) is 0 Å². The molecule has 0 saturated carbocycles. The lowest BCUT2D eigenvalue weighted by atomic mass is 10.2. The van der Waals surface area contributed by atoms with Crippen molar-refractivity contribution in [1.82, 2.24) is 0 Å². The van der Waals surface area contributed by atoms with Crippen molar-refractivity contribution in [2.45, 2.75) is 0 Å². The maximum atomic E-state index is 11.3. The van der Waals surface area contributed by atoms with Gasteiger partial charge in [-0.2, -0.15) is 0 Å². The van der Waals surface area contributed by atoms with Crippen LogP contribution in [0.5, 0.6) is 0 Å². The van der Waals surface area contributed by atoms with Gasteiger partial charge in [0, 0.05) is 0 Å². The fourth-order valence-electron chi connectivity index (χ4n) is 0.764. The van der Waals surface area contributed by atoms with Crippen LogP contribution in [0.4, 0.5) is 11.4 Å². The van der Waals surface area contributed by atoms with Crippen LogP contribution in [0.2, 0.25) is 0 Å². The number of nitrogens with one attached hydrogen (secondary N) is 2. The number of hydrogen-bond acceptors (Lipinski definition) is 2. The van der Waals surface area contributed by atoms with Crippen LogP contribution >= 0.6 is 0 Å². The number of benzene rings is 1. The number of anilines is 2. The smallest absolute Gasteiger partial charge is 0.243 e. The second-order valence-corrected chi connectivity index (χ2v) is 1.95. The average Bonchev–Trinajstić information content (AvgIpc) is 2.26. The molecule has 0 aromatic heterocycles. The molecule has 0 radical (unpaired) electrons. The summed E-state index contributed by atoms with van der Waals surface area (Å²) in [6, 6.07) is -1.77. The Kier molecular flexibility index (Phi) is 0.519. The molecule has 0 aliphatic carbocycles. The highest BCUT2D eigenvalue weighted by atomic mass is 16.2. The van der Waals surface area contributed by atoms with Gasteiger partial charge in [-0.25, -0.2) is 0 Å². The summed E-state index contributed by atoms with van der Waals surface area (Å²) in [7, 11) is 0. The lowest BCUT2D eigenvalue weighted by molar-refractivity contribution is -0.114. The zero-order chi connectivity index (χ0) is 13.0. The molecule has 0 bridgehead atoms. The van der Waals surface area contributed by atoms with Crippen LogP contribution in [0.15, 0.2) is 24.2 Å². The maximum Gasteiger partial charge on any atom is 0.243 e. The predicted molar refractivity (Wildman–Crippen MR) is 43.6 cm³/mol. The van der Waals surface area contributed by atoms with E-state index in [1.165, 1.54) is 0 Å². The lowest BCUT2D eigenvalue weighted by Crippen LogP contribution is -2.27. The number of carbonyl (C=O) groups excluding carboxylic acids is 1. The van der Waals surface area contributed by atoms with Crippen molar-refractivity contribution in [2.24, 2.45) is 0 Å². The van der Waals surface area contributed by atoms with Gasteiger partial charge >= 0.3 is 0 Å². The number of fused-ring (bicyclic) bond motifs is 1. The minimum atomic E-state index is -2.40. The number of amides is 1. The third kappa shape index (κ3) is 1.05. The van der Waals surface area contributed by atoms with Gasteiger partial charge in [0.05, 0.1) is 26.1 Å². The first-order valence-electron chi connectivity index (χ1n) is 5.95. The van der Waals surface area contributed by atoms with E-state index in [-0.39, 0.29) is 11.4 Å². The topological polar surface area (TPSA) is 41.1 Å². The molecule has 2 rings (SSSR count). The van der Waals surface area contributed by atoms with E-state index in [1.807, 2.05) is 0 Å². The Morgan fingerprint density at radius 2 is 2.18 bits per heavy atom. The van der Waals surface area contributed by atoms with Crippen molar-refractivity contribution in [3.63, 3.8) is 0 Å². The Labute approximate surface area is 72.8 Å². The third-order valence-electron chi connectivity index (χ3n) is 1.23. The van der Waals surface area contributed by atoms with Crippen LogP contribution in [0.3, 0.4) is 0 Å². The quantitative estimate of drug-likeness (QED) is 0.586. The van der Waals surface area contributed by atoms with Crippen molar-refractivity contribution in [3.05, 3.63) is 24.2 Å². The van der Waals surface area contributed by atoms with E-state index in [2.05, 4.69) is 10.6 Å². The monoisotopic (exact) mass is 154 g/mol. The molecule has 0 fully saturated rings. The molecular weight excluding hydrogens is 140 g/mol. The van der Waals surface area contributed by atoms with Crippen molar-refractivity contribution in [3.8, 4) is 0 Å². The van der Waals surface area contributed by atoms with Gasteiger partial charge in [-0.05, 0) is 12.1 Å². The molecule has 1 aliphatic rings. The van der Waals surface area contributed by atoms with Crippen LogP contribution in [0.25, 0.3) is 0 Å². The zero-order valence-electron chi connectivity index (χ0n) is 11.4. The summed E-state index contributed by atoms with van der Waals surface area (Å²) in [5.74, 6) is -0.991. The SMILES string of the molecule is [2H]c1c([2H])c([2H])c2c(c1[2H])NC(=O)C([2H])([2H])N2. The summed E-state index contributed by atoms with van der Waals surface area (Å²) < 4.78 is 44.7. The molecule has 2 N–H and O–H groups in total. The molecule has 1 heterocycles. The maximum absolute atomic E-state index is 11.3. The van der Waals surface area contributed by atoms with E-state index in [0.29, 0.717) is 0 Å². The van der Waals surface area contributed by atoms with Gasteiger partial charge < -0.3 is 10.6 Å². The number of carbonyl (C=O) groups is 1. The van der Waals surface area contributed by atoms with Crippen LogP contribution < -0.4 is 10.6 Å². The highest BCUT2D eigenvalue weighted by molar-refractivity contribution is 6.00. The average molecular weight is 154 g/mol. The Morgan fingerprint density at radius 3 is 3.00 bits per heavy atom. The molecule has 3 heteroatoms. The fraction of sp³-hybridized carbons (Fsp3) is 0.125. The minimum absolute atomic E-state index is 0.129. The van der Waals surface area contributed by atoms with Gasteiger partial charge in [-0.1, -0.05) is 12.1 Å².